The summed E-state index contributed by atoms with van der Waals surface area (Å²) < 4.78 is 11.9. The summed E-state index contributed by atoms with van der Waals surface area (Å²) in [5.74, 6) is 1.24. The minimum absolute atomic E-state index is 0.101. The molecule has 0 fully saturated rings. The zero-order valence-electron chi connectivity index (χ0n) is 17.4. The van der Waals surface area contributed by atoms with Gasteiger partial charge in [0.05, 0.1) is 6.61 Å². The van der Waals surface area contributed by atoms with Gasteiger partial charge in [-0.15, -0.1) is 0 Å². The van der Waals surface area contributed by atoms with Gasteiger partial charge >= 0.3 is 0 Å². The number of nitrogens with one attached hydrogen (secondary N) is 2. The van der Waals surface area contributed by atoms with Gasteiger partial charge < -0.3 is 20.1 Å². The molecule has 31 heavy (non-hydrogen) atoms. The molecular formula is C24H24Cl2N2O3. The summed E-state index contributed by atoms with van der Waals surface area (Å²) in [6.45, 7) is 4.76. The fourth-order valence-corrected chi connectivity index (χ4v) is 3.46. The third-order valence-electron chi connectivity index (χ3n) is 4.44. The van der Waals surface area contributed by atoms with Crippen LogP contribution in [-0.2, 0) is 17.9 Å². The van der Waals surface area contributed by atoms with Gasteiger partial charge in [-0.3, -0.25) is 4.79 Å². The molecule has 3 aromatic rings. The lowest BCUT2D eigenvalue weighted by Gasteiger charge is -2.17. The summed E-state index contributed by atoms with van der Waals surface area (Å²) in [4.78, 5) is 11.2. The van der Waals surface area contributed by atoms with Crippen molar-refractivity contribution in [3.8, 4) is 11.5 Å². The van der Waals surface area contributed by atoms with Crippen molar-refractivity contribution in [1.29, 1.82) is 0 Å². The number of halogens is 2. The van der Waals surface area contributed by atoms with Crippen LogP contribution in [0.15, 0.2) is 60.7 Å². The van der Waals surface area contributed by atoms with Crippen molar-refractivity contribution in [3.05, 3.63) is 81.8 Å². The minimum Gasteiger partial charge on any atom is -0.490 e. The summed E-state index contributed by atoms with van der Waals surface area (Å²) >= 11 is 12.3. The topological polar surface area (TPSA) is 59.6 Å². The Hall–Kier alpha value is -2.89. The van der Waals surface area contributed by atoms with Crippen molar-refractivity contribution in [2.45, 2.75) is 27.0 Å². The Kier molecular flexibility index (Phi) is 8.04. The number of benzene rings is 3. The molecule has 0 heterocycles. The number of hydrogen-bond donors (Lipinski definition) is 2. The molecule has 0 aliphatic carbocycles. The molecule has 0 atom stereocenters. The molecule has 0 saturated heterocycles. The number of ether oxygens (including phenoxy) is 2. The van der Waals surface area contributed by atoms with Crippen LogP contribution in [0.4, 0.5) is 11.4 Å². The van der Waals surface area contributed by atoms with Crippen molar-refractivity contribution >= 4 is 40.5 Å². The quantitative estimate of drug-likeness (QED) is 0.381. The predicted octanol–water partition coefficient (Wildman–Crippen LogP) is 6.54. The second-order valence-electron chi connectivity index (χ2n) is 6.81. The van der Waals surface area contributed by atoms with E-state index in [4.69, 9.17) is 32.7 Å². The van der Waals surface area contributed by atoms with Crippen LogP contribution in [0.5, 0.6) is 11.5 Å². The summed E-state index contributed by atoms with van der Waals surface area (Å²) in [7, 11) is 0. The third kappa shape index (κ3) is 6.54. The first kappa shape index (κ1) is 22.8. The van der Waals surface area contributed by atoms with Crippen LogP contribution in [0.3, 0.4) is 0 Å². The summed E-state index contributed by atoms with van der Waals surface area (Å²) in [5.41, 5.74) is 3.45. The van der Waals surface area contributed by atoms with E-state index in [0.29, 0.717) is 41.3 Å². The van der Waals surface area contributed by atoms with Crippen LogP contribution in [0.25, 0.3) is 0 Å². The highest BCUT2D eigenvalue weighted by molar-refractivity contribution is 6.35. The number of para-hydroxylation sites is 1. The maximum atomic E-state index is 11.2. The van der Waals surface area contributed by atoms with Gasteiger partial charge in [-0.1, -0.05) is 41.4 Å². The number of carbonyl (C=O) groups excluding carboxylic acids is 1. The summed E-state index contributed by atoms with van der Waals surface area (Å²) in [6.07, 6.45) is 0. The molecule has 5 nitrogen and oxygen atoms in total. The van der Waals surface area contributed by atoms with Gasteiger partial charge in [-0.05, 0) is 49.4 Å². The SMILES string of the molecule is CCOc1cccc(CNc2ccc(NC(C)=O)cc2)c1OCc1ccc(Cl)cc1Cl. The smallest absolute Gasteiger partial charge is 0.221 e. The Balaban J connectivity index is 1.75. The number of anilines is 2. The monoisotopic (exact) mass is 458 g/mol. The Morgan fingerprint density at radius 2 is 1.68 bits per heavy atom. The molecule has 0 aromatic heterocycles. The number of carbonyl (C=O) groups is 1. The first-order valence-corrected chi connectivity index (χ1v) is 10.6. The molecule has 0 aliphatic rings. The summed E-state index contributed by atoms with van der Waals surface area (Å²) in [6, 6.07) is 18.6. The molecule has 0 unspecified atom stereocenters. The molecule has 3 aromatic carbocycles. The Bertz CT molecular complexity index is 1040. The van der Waals surface area contributed by atoms with Gasteiger partial charge in [-0.2, -0.15) is 0 Å². The van der Waals surface area contributed by atoms with E-state index in [0.717, 1.165) is 22.5 Å². The highest BCUT2D eigenvalue weighted by Gasteiger charge is 2.13. The zero-order valence-corrected chi connectivity index (χ0v) is 18.9. The van der Waals surface area contributed by atoms with E-state index in [9.17, 15) is 4.79 Å². The molecule has 0 saturated carbocycles. The molecule has 0 spiro atoms. The first-order chi connectivity index (χ1) is 15.0. The van der Waals surface area contributed by atoms with E-state index in [2.05, 4.69) is 10.6 Å². The highest BCUT2D eigenvalue weighted by Crippen LogP contribution is 2.33. The van der Waals surface area contributed by atoms with E-state index < -0.39 is 0 Å². The molecule has 7 heteroatoms. The molecule has 1 amide bonds. The van der Waals surface area contributed by atoms with E-state index in [-0.39, 0.29) is 5.91 Å². The first-order valence-electron chi connectivity index (χ1n) is 9.89. The van der Waals surface area contributed by atoms with Crippen LogP contribution >= 0.6 is 23.2 Å². The van der Waals surface area contributed by atoms with E-state index in [1.54, 1.807) is 12.1 Å². The molecular weight excluding hydrogens is 435 g/mol. The average molecular weight is 459 g/mol. The second-order valence-corrected chi connectivity index (χ2v) is 7.66. The minimum atomic E-state index is -0.101. The molecule has 162 valence electrons. The van der Waals surface area contributed by atoms with Crippen molar-refractivity contribution in [2.75, 3.05) is 17.2 Å². The lowest BCUT2D eigenvalue weighted by molar-refractivity contribution is -0.114. The maximum absolute atomic E-state index is 11.2. The van der Waals surface area contributed by atoms with Crippen LogP contribution in [0.2, 0.25) is 10.0 Å². The van der Waals surface area contributed by atoms with Crippen LogP contribution in [0, 0.1) is 0 Å². The van der Waals surface area contributed by atoms with Gasteiger partial charge in [-0.25, -0.2) is 0 Å². The Morgan fingerprint density at radius 1 is 0.935 bits per heavy atom. The lowest BCUT2D eigenvalue weighted by atomic mass is 10.1. The van der Waals surface area contributed by atoms with Crippen LogP contribution in [-0.4, -0.2) is 12.5 Å². The Labute approximate surface area is 192 Å². The average Bonchev–Trinajstić information content (AvgIpc) is 2.73. The van der Waals surface area contributed by atoms with Crippen molar-refractivity contribution in [1.82, 2.24) is 0 Å². The zero-order chi connectivity index (χ0) is 22.2. The van der Waals surface area contributed by atoms with Gasteiger partial charge in [0.15, 0.2) is 11.5 Å². The van der Waals surface area contributed by atoms with E-state index in [1.807, 2.05) is 55.5 Å². The van der Waals surface area contributed by atoms with Gasteiger partial charge in [0, 0.05) is 46.0 Å². The third-order valence-corrected chi connectivity index (χ3v) is 5.02. The number of amides is 1. The second kappa shape index (κ2) is 10.9. The lowest BCUT2D eigenvalue weighted by Crippen LogP contribution is -2.07. The van der Waals surface area contributed by atoms with Crippen molar-refractivity contribution < 1.29 is 14.3 Å². The predicted molar refractivity (Wildman–Crippen MR) is 126 cm³/mol. The van der Waals surface area contributed by atoms with E-state index >= 15 is 0 Å². The van der Waals surface area contributed by atoms with Crippen molar-refractivity contribution in [2.24, 2.45) is 0 Å². The largest absolute Gasteiger partial charge is 0.490 e. The molecule has 2 N–H and O–H groups in total. The van der Waals surface area contributed by atoms with Gasteiger partial charge in [0.1, 0.15) is 6.61 Å². The van der Waals surface area contributed by atoms with E-state index in [1.165, 1.54) is 6.92 Å². The van der Waals surface area contributed by atoms with Gasteiger partial charge in [0.2, 0.25) is 5.91 Å². The number of hydrogen-bond acceptors (Lipinski definition) is 4. The van der Waals surface area contributed by atoms with Crippen molar-refractivity contribution in [3.63, 3.8) is 0 Å². The normalized spacial score (nSPS) is 10.5. The standard InChI is InChI=1S/C24H24Cl2N2O3/c1-3-30-23-6-4-5-17(14-27-20-9-11-21(12-10-20)28-16(2)29)24(23)31-15-18-7-8-19(25)13-22(18)26/h4-13,27H,3,14-15H2,1-2H3,(H,28,29). The van der Waals surface area contributed by atoms with Crippen LogP contribution in [0.1, 0.15) is 25.0 Å². The molecule has 0 aliphatic heterocycles. The number of rotatable bonds is 9. The fourth-order valence-electron chi connectivity index (χ4n) is 2.99. The highest BCUT2D eigenvalue weighted by atomic mass is 35.5. The summed E-state index contributed by atoms with van der Waals surface area (Å²) in [5, 5.41) is 7.27. The molecule has 3 rings (SSSR count). The fraction of sp³-hybridized carbons (Fsp3) is 0.208. The maximum Gasteiger partial charge on any atom is 0.221 e. The van der Waals surface area contributed by atoms with Gasteiger partial charge in [0.25, 0.3) is 0 Å². The Morgan fingerprint density at radius 3 is 2.35 bits per heavy atom. The molecule has 0 radical (unpaired) electrons. The van der Waals surface area contributed by atoms with Crippen LogP contribution < -0.4 is 20.1 Å². The molecule has 0 bridgehead atoms.